The molecule has 0 aromatic carbocycles. The number of aryl methyl sites for hydroxylation is 1. The van der Waals surface area contributed by atoms with E-state index in [2.05, 4.69) is 30.9 Å². The van der Waals surface area contributed by atoms with Crippen LogP contribution in [0, 0.1) is 5.41 Å². The molecule has 6 heteroatoms. The zero-order chi connectivity index (χ0) is 16.6. The van der Waals surface area contributed by atoms with E-state index in [-0.39, 0.29) is 17.4 Å². The maximum atomic E-state index is 12.9. The smallest absolute Gasteiger partial charge is 0.254 e. The Labute approximate surface area is 141 Å². The van der Waals surface area contributed by atoms with Gasteiger partial charge in [0.25, 0.3) is 5.91 Å². The third-order valence-corrected chi connectivity index (χ3v) is 5.01. The van der Waals surface area contributed by atoms with Gasteiger partial charge in [-0.25, -0.2) is 4.98 Å². The van der Waals surface area contributed by atoms with Crippen LogP contribution in [0.4, 0.5) is 0 Å². The lowest BCUT2D eigenvalue weighted by Gasteiger charge is -2.54. The Morgan fingerprint density at radius 2 is 2.26 bits per heavy atom. The van der Waals surface area contributed by atoms with Gasteiger partial charge in [0.05, 0.1) is 17.3 Å². The second-order valence-corrected chi connectivity index (χ2v) is 7.87. The van der Waals surface area contributed by atoms with Crippen molar-refractivity contribution in [3.8, 4) is 0 Å². The third kappa shape index (κ3) is 3.00. The highest BCUT2D eigenvalue weighted by Gasteiger charge is 2.49. The monoisotopic (exact) mass is 330 g/mol. The highest BCUT2D eigenvalue weighted by atomic mass is 32.2. The molecule has 1 amide bonds. The maximum Gasteiger partial charge on any atom is 0.254 e. The lowest BCUT2D eigenvalue weighted by Crippen LogP contribution is -2.57. The molecule has 1 aliphatic heterocycles. The van der Waals surface area contributed by atoms with Crippen LogP contribution in [0.3, 0.4) is 0 Å². The van der Waals surface area contributed by atoms with Crippen molar-refractivity contribution in [2.75, 3.05) is 12.3 Å². The summed E-state index contributed by atoms with van der Waals surface area (Å²) in [6.45, 7) is 7.22. The lowest BCUT2D eigenvalue weighted by molar-refractivity contribution is -0.0323. The summed E-state index contributed by atoms with van der Waals surface area (Å²) in [6.07, 6.45) is 5.57. The molecule has 0 aliphatic carbocycles. The van der Waals surface area contributed by atoms with Crippen molar-refractivity contribution >= 4 is 17.7 Å². The van der Waals surface area contributed by atoms with Crippen molar-refractivity contribution in [3.63, 3.8) is 0 Å². The number of nitrogens with zero attached hydrogens (tertiary/aromatic N) is 4. The zero-order valence-corrected chi connectivity index (χ0v) is 14.8. The third-order valence-electron chi connectivity index (χ3n) is 4.21. The Balaban J connectivity index is 1.86. The molecule has 1 aliphatic rings. The van der Waals surface area contributed by atoms with E-state index in [0.29, 0.717) is 5.56 Å². The minimum absolute atomic E-state index is 0.0622. The Morgan fingerprint density at radius 3 is 2.87 bits per heavy atom. The van der Waals surface area contributed by atoms with Crippen LogP contribution in [0.1, 0.15) is 42.7 Å². The summed E-state index contributed by atoms with van der Waals surface area (Å²) < 4.78 is 1.79. The molecule has 0 bridgehead atoms. The van der Waals surface area contributed by atoms with Crippen LogP contribution in [0.25, 0.3) is 0 Å². The van der Waals surface area contributed by atoms with Gasteiger partial charge in [0.1, 0.15) is 0 Å². The predicted octanol–water partition coefficient (Wildman–Crippen LogP) is 3.15. The maximum absolute atomic E-state index is 12.9. The normalized spacial score (nSPS) is 19.5. The second kappa shape index (κ2) is 6.00. The van der Waals surface area contributed by atoms with Crippen molar-refractivity contribution in [1.82, 2.24) is 19.7 Å². The summed E-state index contributed by atoms with van der Waals surface area (Å²) in [7, 11) is 1.90. The molecular weight excluding hydrogens is 308 g/mol. The van der Waals surface area contributed by atoms with Crippen molar-refractivity contribution in [3.05, 3.63) is 41.9 Å². The summed E-state index contributed by atoms with van der Waals surface area (Å²) in [6, 6.07) is 3.76. The summed E-state index contributed by atoms with van der Waals surface area (Å²) in [4.78, 5) is 19.2. The number of carbonyl (C=O) groups excluding carboxylic acids is 1. The fourth-order valence-electron chi connectivity index (χ4n) is 3.26. The summed E-state index contributed by atoms with van der Waals surface area (Å²) in [5, 5.41) is 5.15. The topological polar surface area (TPSA) is 51.0 Å². The van der Waals surface area contributed by atoms with E-state index in [4.69, 9.17) is 0 Å². The average Bonchev–Trinajstić information content (AvgIpc) is 2.90. The number of aromatic nitrogens is 3. The molecule has 0 saturated carbocycles. The zero-order valence-electron chi connectivity index (χ0n) is 14.0. The van der Waals surface area contributed by atoms with Gasteiger partial charge < -0.3 is 4.90 Å². The standard InChI is InChI=1S/C17H22N4OS/c1-5-23-14-8-12(6-7-18-14)16(22)21-11-17(2,3)15(21)13-9-19-20(4)10-13/h6-10,15H,5,11H2,1-4H3. The van der Waals surface area contributed by atoms with E-state index in [1.165, 1.54) is 0 Å². The molecule has 23 heavy (non-hydrogen) atoms. The van der Waals surface area contributed by atoms with Gasteiger partial charge in [-0.1, -0.05) is 20.8 Å². The van der Waals surface area contributed by atoms with E-state index in [0.717, 1.165) is 22.9 Å². The van der Waals surface area contributed by atoms with Gasteiger partial charge in [0.2, 0.25) is 0 Å². The molecule has 2 aromatic rings. The molecule has 1 fully saturated rings. The molecule has 0 N–H and O–H groups in total. The van der Waals surface area contributed by atoms with Crippen LogP contribution in [-0.4, -0.2) is 37.9 Å². The first kappa shape index (κ1) is 16.1. The van der Waals surface area contributed by atoms with Gasteiger partial charge in [-0.05, 0) is 17.9 Å². The van der Waals surface area contributed by atoms with Crippen LogP contribution in [-0.2, 0) is 7.05 Å². The summed E-state index contributed by atoms with van der Waals surface area (Å²) in [5.74, 6) is 1.01. The Hall–Kier alpha value is -1.82. The van der Waals surface area contributed by atoms with Gasteiger partial charge in [0.15, 0.2) is 0 Å². The quantitative estimate of drug-likeness (QED) is 0.808. The fraction of sp³-hybridized carbons (Fsp3) is 0.471. The predicted molar refractivity (Wildman–Crippen MR) is 91.4 cm³/mol. The first-order valence-corrected chi connectivity index (χ1v) is 8.79. The molecule has 3 heterocycles. The van der Waals surface area contributed by atoms with Crippen LogP contribution < -0.4 is 0 Å². The Kier molecular flexibility index (Phi) is 4.19. The van der Waals surface area contributed by atoms with E-state index >= 15 is 0 Å². The van der Waals surface area contributed by atoms with Crippen molar-refractivity contribution in [2.45, 2.75) is 31.8 Å². The highest BCUT2D eigenvalue weighted by Crippen LogP contribution is 2.48. The number of rotatable bonds is 4. The fourth-order valence-corrected chi connectivity index (χ4v) is 3.90. The van der Waals surface area contributed by atoms with Crippen molar-refractivity contribution < 1.29 is 4.79 Å². The molecule has 1 saturated heterocycles. The van der Waals surface area contributed by atoms with Crippen LogP contribution in [0.15, 0.2) is 35.7 Å². The largest absolute Gasteiger partial charge is 0.330 e. The number of hydrogen-bond acceptors (Lipinski definition) is 4. The molecule has 5 nitrogen and oxygen atoms in total. The van der Waals surface area contributed by atoms with E-state index < -0.39 is 0 Å². The first-order valence-electron chi connectivity index (χ1n) is 7.81. The minimum Gasteiger partial charge on any atom is -0.330 e. The van der Waals surface area contributed by atoms with Gasteiger partial charge >= 0.3 is 0 Å². The number of thioether (sulfide) groups is 1. The Morgan fingerprint density at radius 1 is 1.48 bits per heavy atom. The van der Waals surface area contributed by atoms with E-state index in [9.17, 15) is 4.79 Å². The van der Waals surface area contributed by atoms with Crippen LogP contribution in [0.2, 0.25) is 0 Å². The molecule has 0 spiro atoms. The van der Waals surface area contributed by atoms with Crippen LogP contribution in [0.5, 0.6) is 0 Å². The number of likely N-dealkylation sites (tertiary alicyclic amines) is 1. The van der Waals surface area contributed by atoms with E-state index in [1.54, 1.807) is 28.7 Å². The summed E-state index contributed by atoms with van der Waals surface area (Å²) in [5.41, 5.74) is 1.86. The molecule has 1 unspecified atom stereocenters. The van der Waals surface area contributed by atoms with E-state index in [1.807, 2.05) is 30.4 Å². The number of hydrogen-bond donors (Lipinski definition) is 0. The van der Waals surface area contributed by atoms with Crippen molar-refractivity contribution in [1.29, 1.82) is 0 Å². The van der Waals surface area contributed by atoms with Gasteiger partial charge in [-0.3, -0.25) is 9.48 Å². The highest BCUT2D eigenvalue weighted by molar-refractivity contribution is 7.99. The molecule has 0 radical (unpaired) electrons. The molecular formula is C17H22N4OS. The first-order chi connectivity index (χ1) is 10.9. The molecule has 3 rings (SSSR count). The molecule has 122 valence electrons. The van der Waals surface area contributed by atoms with Gasteiger partial charge in [-0.15, -0.1) is 11.8 Å². The minimum atomic E-state index is 0.0622. The van der Waals surface area contributed by atoms with Gasteiger partial charge in [-0.2, -0.15) is 5.10 Å². The molecule has 1 atom stereocenters. The number of carbonyl (C=O) groups is 1. The molecule has 2 aromatic heterocycles. The Bertz CT molecular complexity index is 725. The second-order valence-electron chi connectivity index (χ2n) is 6.59. The lowest BCUT2D eigenvalue weighted by atomic mass is 9.72. The van der Waals surface area contributed by atoms with Crippen LogP contribution >= 0.6 is 11.8 Å². The summed E-state index contributed by atoms with van der Waals surface area (Å²) >= 11 is 1.65. The van der Waals surface area contributed by atoms with Crippen molar-refractivity contribution in [2.24, 2.45) is 12.5 Å². The van der Waals surface area contributed by atoms with Gasteiger partial charge in [0, 0.05) is 42.5 Å². The average molecular weight is 330 g/mol. The number of amides is 1. The SMILES string of the molecule is CCSc1cc(C(=O)N2CC(C)(C)C2c2cnn(C)c2)ccn1. The number of pyridine rings is 1.